The van der Waals surface area contributed by atoms with Gasteiger partial charge < -0.3 is 19.1 Å². The third-order valence-corrected chi connectivity index (χ3v) is 9.22. The first kappa shape index (κ1) is 25.1. The summed E-state index contributed by atoms with van der Waals surface area (Å²) >= 11 is 0. The molecule has 3 heterocycles. The van der Waals surface area contributed by atoms with Gasteiger partial charge in [0.05, 0.1) is 22.4 Å². The van der Waals surface area contributed by atoms with Crippen LogP contribution in [0.4, 0.5) is 17.1 Å². The molecule has 0 amide bonds. The summed E-state index contributed by atoms with van der Waals surface area (Å²) in [7, 11) is 2.10. The molecule has 0 spiro atoms. The van der Waals surface area contributed by atoms with Crippen LogP contribution in [-0.2, 0) is 0 Å². The molecule has 4 nitrogen and oxygen atoms in total. The standard InChI is InChI=1S/C40H31N3O/c1-41-36-20-9-10-21-39(36)44-40(41)29-13-11-16-31(24-29)43-35-19-8-6-17-32(35)33-26-37-28(25-38(33)43)23-22-27-12-5-7-18-34(27)42(37)30-14-3-2-4-15-30/h2-4,6-11,13-26,40H,5,12H2,1H3. The summed E-state index contributed by atoms with van der Waals surface area (Å²) in [6.07, 6.45) is 11.2. The second-order valence-corrected chi connectivity index (χ2v) is 11.8. The van der Waals surface area contributed by atoms with Crippen molar-refractivity contribution in [3.05, 3.63) is 156 Å². The lowest BCUT2D eigenvalue weighted by atomic mass is 10.0. The van der Waals surface area contributed by atoms with Crippen molar-refractivity contribution in [2.24, 2.45) is 0 Å². The van der Waals surface area contributed by atoms with Crippen LogP contribution in [0.25, 0.3) is 33.6 Å². The van der Waals surface area contributed by atoms with Gasteiger partial charge in [-0.25, -0.2) is 0 Å². The summed E-state index contributed by atoms with van der Waals surface area (Å²) in [5.41, 5.74) is 12.0. The van der Waals surface area contributed by atoms with E-state index in [0.29, 0.717) is 0 Å². The van der Waals surface area contributed by atoms with Crippen LogP contribution in [0.3, 0.4) is 0 Å². The number of para-hydroxylation sites is 4. The number of fused-ring (bicyclic) bond motifs is 5. The maximum absolute atomic E-state index is 6.43. The zero-order valence-electron chi connectivity index (χ0n) is 24.5. The van der Waals surface area contributed by atoms with Gasteiger partial charge in [0.25, 0.3) is 0 Å². The third kappa shape index (κ3) is 3.77. The highest BCUT2D eigenvalue weighted by molar-refractivity contribution is 6.11. The van der Waals surface area contributed by atoms with Crippen LogP contribution in [0.5, 0.6) is 5.75 Å². The summed E-state index contributed by atoms with van der Waals surface area (Å²) in [6, 6.07) is 41.4. The van der Waals surface area contributed by atoms with Gasteiger partial charge in [-0.1, -0.05) is 78.9 Å². The fourth-order valence-corrected chi connectivity index (χ4v) is 7.14. The van der Waals surface area contributed by atoms with Crippen molar-refractivity contribution in [1.82, 2.24) is 4.57 Å². The minimum atomic E-state index is -0.176. The van der Waals surface area contributed by atoms with Crippen molar-refractivity contribution in [3.8, 4) is 11.4 Å². The Balaban J connectivity index is 1.25. The number of anilines is 3. The highest BCUT2D eigenvalue weighted by Gasteiger charge is 2.30. The molecule has 1 unspecified atom stereocenters. The van der Waals surface area contributed by atoms with Gasteiger partial charge in [-0.15, -0.1) is 0 Å². The Labute approximate surface area is 257 Å². The molecular weight excluding hydrogens is 538 g/mol. The number of rotatable bonds is 3. The van der Waals surface area contributed by atoms with Gasteiger partial charge in [-0.05, 0) is 79.1 Å². The van der Waals surface area contributed by atoms with E-state index in [4.69, 9.17) is 4.74 Å². The maximum atomic E-state index is 6.43. The molecule has 1 aromatic heterocycles. The molecule has 0 fully saturated rings. The highest BCUT2D eigenvalue weighted by atomic mass is 16.5. The fourth-order valence-electron chi connectivity index (χ4n) is 7.14. The lowest BCUT2D eigenvalue weighted by Crippen LogP contribution is -2.22. The smallest absolute Gasteiger partial charge is 0.198 e. The van der Waals surface area contributed by atoms with E-state index in [1.54, 1.807) is 0 Å². The topological polar surface area (TPSA) is 20.6 Å². The minimum absolute atomic E-state index is 0.176. The average Bonchev–Trinajstić information content (AvgIpc) is 3.53. The summed E-state index contributed by atoms with van der Waals surface area (Å²) in [6.45, 7) is 0. The van der Waals surface area contributed by atoms with Crippen LogP contribution in [0.1, 0.15) is 30.2 Å². The van der Waals surface area contributed by atoms with Crippen molar-refractivity contribution >= 4 is 44.9 Å². The average molecular weight is 570 g/mol. The van der Waals surface area contributed by atoms with Crippen molar-refractivity contribution in [2.45, 2.75) is 19.1 Å². The molecule has 6 aromatic rings. The molecule has 0 bridgehead atoms. The van der Waals surface area contributed by atoms with E-state index in [2.05, 4.69) is 149 Å². The van der Waals surface area contributed by atoms with E-state index in [-0.39, 0.29) is 6.23 Å². The summed E-state index contributed by atoms with van der Waals surface area (Å²) in [4.78, 5) is 4.66. The van der Waals surface area contributed by atoms with Gasteiger partial charge in [0.1, 0.15) is 5.75 Å². The highest BCUT2D eigenvalue weighted by Crippen LogP contribution is 2.45. The maximum Gasteiger partial charge on any atom is 0.198 e. The first-order chi connectivity index (χ1) is 21.7. The lowest BCUT2D eigenvalue weighted by Gasteiger charge is -2.29. The summed E-state index contributed by atoms with van der Waals surface area (Å²) in [5.74, 6) is 0.922. The van der Waals surface area contributed by atoms with Gasteiger partial charge in [0.15, 0.2) is 6.23 Å². The molecule has 9 rings (SSSR count). The number of aromatic nitrogens is 1. The molecule has 0 saturated heterocycles. The van der Waals surface area contributed by atoms with Gasteiger partial charge in [-0.3, -0.25) is 0 Å². The van der Waals surface area contributed by atoms with E-state index in [1.165, 1.54) is 50.0 Å². The van der Waals surface area contributed by atoms with E-state index in [1.807, 2.05) is 12.1 Å². The minimum Gasteiger partial charge on any atom is -0.464 e. The molecule has 1 aliphatic carbocycles. The molecule has 0 radical (unpaired) electrons. The van der Waals surface area contributed by atoms with E-state index >= 15 is 0 Å². The number of ether oxygens (including phenoxy) is 1. The number of allylic oxidation sites excluding steroid dienone is 4. The number of hydrogen-bond acceptors (Lipinski definition) is 3. The van der Waals surface area contributed by atoms with Crippen LogP contribution in [0.15, 0.2) is 145 Å². The Morgan fingerprint density at radius 1 is 0.659 bits per heavy atom. The first-order valence-corrected chi connectivity index (χ1v) is 15.3. The van der Waals surface area contributed by atoms with Gasteiger partial charge in [-0.2, -0.15) is 0 Å². The molecule has 0 N–H and O–H groups in total. The number of nitrogens with zero attached hydrogens (tertiary/aromatic N) is 3. The van der Waals surface area contributed by atoms with Gasteiger partial charge >= 0.3 is 0 Å². The van der Waals surface area contributed by atoms with E-state index in [9.17, 15) is 0 Å². The molecule has 1 atom stereocenters. The largest absolute Gasteiger partial charge is 0.464 e. The Morgan fingerprint density at radius 2 is 1.48 bits per heavy atom. The molecular formula is C40H31N3O. The summed E-state index contributed by atoms with van der Waals surface area (Å²) < 4.78 is 8.85. The molecule has 5 aromatic carbocycles. The lowest BCUT2D eigenvalue weighted by molar-refractivity contribution is 0.235. The Hall–Kier alpha value is -5.48. The SMILES string of the molecule is CN1c2ccccc2OC1c1cccc(-n2c3ccccc3c3cc4c(cc32)C=CC2=C(C=CCC2)N4c2ccccc2)c1. The van der Waals surface area contributed by atoms with Gasteiger partial charge in [0, 0.05) is 46.0 Å². The Morgan fingerprint density at radius 3 is 2.39 bits per heavy atom. The molecule has 0 saturated carbocycles. The Bertz CT molecular complexity index is 2190. The molecule has 212 valence electrons. The van der Waals surface area contributed by atoms with Crippen LogP contribution in [0, 0.1) is 0 Å². The number of benzene rings is 5. The second kappa shape index (κ2) is 9.78. The van der Waals surface area contributed by atoms with Crippen LogP contribution < -0.4 is 14.5 Å². The predicted molar refractivity (Wildman–Crippen MR) is 182 cm³/mol. The quantitative estimate of drug-likeness (QED) is 0.212. The first-order valence-electron chi connectivity index (χ1n) is 15.3. The molecule has 2 aliphatic heterocycles. The van der Waals surface area contributed by atoms with Crippen molar-refractivity contribution < 1.29 is 4.74 Å². The van der Waals surface area contributed by atoms with Crippen molar-refractivity contribution in [2.75, 3.05) is 16.8 Å². The van der Waals surface area contributed by atoms with Crippen molar-refractivity contribution in [1.29, 1.82) is 0 Å². The molecule has 44 heavy (non-hydrogen) atoms. The van der Waals surface area contributed by atoms with Crippen LogP contribution >= 0.6 is 0 Å². The van der Waals surface area contributed by atoms with Crippen molar-refractivity contribution in [3.63, 3.8) is 0 Å². The Kier molecular flexibility index (Phi) is 5.57. The number of hydrogen-bond donors (Lipinski definition) is 0. The predicted octanol–water partition coefficient (Wildman–Crippen LogP) is 10.1. The normalized spacial score (nSPS) is 17.1. The summed E-state index contributed by atoms with van der Waals surface area (Å²) in [5, 5.41) is 2.48. The van der Waals surface area contributed by atoms with Crippen LogP contribution in [-0.4, -0.2) is 11.6 Å². The fraction of sp³-hybridized carbons (Fsp3) is 0.100. The van der Waals surface area contributed by atoms with Gasteiger partial charge in [0.2, 0.25) is 0 Å². The second-order valence-electron chi connectivity index (χ2n) is 11.8. The molecule has 3 aliphatic rings. The zero-order valence-corrected chi connectivity index (χ0v) is 24.5. The van der Waals surface area contributed by atoms with E-state index in [0.717, 1.165) is 35.5 Å². The van der Waals surface area contributed by atoms with Crippen LogP contribution in [0.2, 0.25) is 0 Å². The zero-order chi connectivity index (χ0) is 29.2. The van der Waals surface area contributed by atoms with E-state index < -0.39 is 0 Å². The third-order valence-electron chi connectivity index (χ3n) is 9.22. The molecule has 4 heteroatoms. The monoisotopic (exact) mass is 569 g/mol.